The van der Waals surface area contributed by atoms with Gasteiger partial charge in [-0.25, -0.2) is 4.98 Å². The van der Waals surface area contributed by atoms with Crippen molar-refractivity contribution in [1.29, 1.82) is 0 Å². The predicted molar refractivity (Wildman–Crippen MR) is 129 cm³/mol. The quantitative estimate of drug-likeness (QED) is 0.394. The van der Waals surface area contributed by atoms with Crippen LogP contribution in [0.5, 0.6) is 5.75 Å². The van der Waals surface area contributed by atoms with E-state index < -0.39 is 29.2 Å². The molecule has 1 unspecified atom stereocenters. The fourth-order valence-electron chi connectivity index (χ4n) is 4.04. The number of carbonyl (C=O) groups excluding carboxylic acids is 1. The number of amides is 1. The molecule has 2 aromatic carbocycles. The average Bonchev–Trinajstić information content (AvgIpc) is 3.39. The van der Waals surface area contributed by atoms with Gasteiger partial charge >= 0.3 is 6.18 Å². The van der Waals surface area contributed by atoms with Gasteiger partial charge < -0.3 is 19.5 Å². The van der Waals surface area contributed by atoms with Gasteiger partial charge in [0.05, 0.1) is 24.9 Å². The zero-order valence-corrected chi connectivity index (χ0v) is 20.0. The number of anilines is 2. The van der Waals surface area contributed by atoms with Gasteiger partial charge in [-0.1, -0.05) is 53.7 Å². The minimum absolute atomic E-state index is 0.0516. The van der Waals surface area contributed by atoms with E-state index in [1.54, 1.807) is 30.3 Å². The summed E-state index contributed by atoms with van der Waals surface area (Å²) >= 11 is 0. The second-order valence-corrected chi connectivity index (χ2v) is 8.03. The molecule has 2 aromatic heterocycles. The van der Waals surface area contributed by atoms with Crippen LogP contribution in [0.3, 0.4) is 0 Å². The van der Waals surface area contributed by atoms with E-state index in [1.165, 1.54) is 56.8 Å². The Labute approximate surface area is 209 Å². The summed E-state index contributed by atoms with van der Waals surface area (Å²) in [6.45, 7) is 0. The average molecular weight is 513 g/mol. The summed E-state index contributed by atoms with van der Waals surface area (Å²) in [6.07, 6.45) is -2.21. The number of ether oxygens (including phenoxy) is 1. The van der Waals surface area contributed by atoms with Gasteiger partial charge in [-0.3, -0.25) is 14.2 Å². The summed E-state index contributed by atoms with van der Waals surface area (Å²) in [4.78, 5) is 31.9. The first kappa shape index (κ1) is 25.5. The molecular weight excluding hydrogens is 491 g/mol. The van der Waals surface area contributed by atoms with E-state index in [1.807, 2.05) is 0 Å². The molecule has 0 aliphatic carbocycles. The van der Waals surface area contributed by atoms with Gasteiger partial charge in [0.1, 0.15) is 12.0 Å². The van der Waals surface area contributed by atoms with Crippen molar-refractivity contribution >= 4 is 17.5 Å². The second-order valence-electron chi connectivity index (χ2n) is 8.03. The Morgan fingerprint density at radius 2 is 1.81 bits per heavy atom. The number of carbonyl (C=O) groups is 1. The molecule has 1 atom stereocenters. The van der Waals surface area contributed by atoms with E-state index >= 15 is 0 Å². The fraction of sp³-hybridized carbons (Fsp3) is 0.200. The smallest absolute Gasteiger partial charge is 0.416 e. The third-order valence-electron chi connectivity index (χ3n) is 5.71. The van der Waals surface area contributed by atoms with Crippen molar-refractivity contribution in [2.75, 3.05) is 24.4 Å². The highest BCUT2D eigenvalue weighted by molar-refractivity contribution is 6.04. The van der Waals surface area contributed by atoms with Gasteiger partial charge in [-0.15, -0.1) is 0 Å². The van der Waals surface area contributed by atoms with Gasteiger partial charge in [0.15, 0.2) is 5.69 Å². The van der Waals surface area contributed by atoms with Crippen molar-refractivity contribution < 1.29 is 27.2 Å². The number of nitrogens with zero attached hydrogens (tertiary/aromatic N) is 4. The van der Waals surface area contributed by atoms with Gasteiger partial charge in [0.25, 0.3) is 11.5 Å². The van der Waals surface area contributed by atoms with Crippen molar-refractivity contribution in [2.24, 2.45) is 7.05 Å². The number of aromatic nitrogens is 3. The number of benzene rings is 2. The lowest BCUT2D eigenvalue weighted by Gasteiger charge is -2.32. The van der Waals surface area contributed by atoms with Gasteiger partial charge in [-0.05, 0) is 17.2 Å². The first-order valence-corrected chi connectivity index (χ1v) is 10.9. The molecule has 0 saturated carbocycles. The number of nitrogens with one attached hydrogen (secondary N) is 1. The van der Waals surface area contributed by atoms with Crippen LogP contribution in [0.25, 0.3) is 0 Å². The molecule has 0 saturated heterocycles. The Balaban J connectivity index is 1.90. The number of hydrogen-bond acceptors (Lipinski definition) is 7. The molecule has 0 aliphatic rings. The van der Waals surface area contributed by atoms with Crippen LogP contribution in [-0.2, 0) is 13.2 Å². The van der Waals surface area contributed by atoms with Crippen molar-refractivity contribution in [3.05, 3.63) is 99.8 Å². The van der Waals surface area contributed by atoms with E-state index in [2.05, 4.69) is 15.5 Å². The van der Waals surface area contributed by atoms with Crippen molar-refractivity contribution in [1.82, 2.24) is 14.7 Å². The monoisotopic (exact) mass is 513 g/mol. The number of alkyl halides is 3. The lowest BCUT2D eigenvalue weighted by molar-refractivity contribution is -0.138. The van der Waals surface area contributed by atoms with Crippen molar-refractivity contribution in [2.45, 2.75) is 12.2 Å². The van der Waals surface area contributed by atoms with Crippen LogP contribution in [0.2, 0.25) is 0 Å². The Hall–Kier alpha value is -4.61. The number of rotatable bonds is 7. The Bertz CT molecular complexity index is 1450. The third kappa shape index (κ3) is 5.03. The van der Waals surface area contributed by atoms with Crippen LogP contribution in [0, 0.1) is 0 Å². The Morgan fingerprint density at radius 1 is 1.14 bits per heavy atom. The van der Waals surface area contributed by atoms with E-state index in [9.17, 15) is 22.8 Å². The highest BCUT2D eigenvalue weighted by Crippen LogP contribution is 2.39. The molecule has 4 aromatic rings. The molecule has 9 nitrogen and oxygen atoms in total. The molecule has 37 heavy (non-hydrogen) atoms. The molecule has 0 bridgehead atoms. The lowest BCUT2D eigenvalue weighted by atomic mass is 9.93. The lowest BCUT2D eigenvalue weighted by Crippen LogP contribution is -2.35. The van der Waals surface area contributed by atoms with E-state index in [0.717, 1.165) is 10.6 Å². The summed E-state index contributed by atoms with van der Waals surface area (Å²) in [5, 5.41) is 5.99. The Morgan fingerprint density at radius 3 is 2.43 bits per heavy atom. The molecular formula is C25H22F3N5O4. The first-order valence-electron chi connectivity index (χ1n) is 10.9. The summed E-state index contributed by atoms with van der Waals surface area (Å²) in [5.74, 6) is -1.19. The molecule has 1 amide bonds. The third-order valence-corrected chi connectivity index (χ3v) is 5.71. The van der Waals surface area contributed by atoms with E-state index in [0.29, 0.717) is 5.56 Å². The molecule has 2 heterocycles. The normalized spacial score (nSPS) is 12.2. The SMILES string of the molecule is COc1c(C(=O)Nc2cnoc2)nc(N(C)C(c2ccccc2)c2ccccc2C(F)(F)F)n(C)c1=O. The first-order chi connectivity index (χ1) is 17.6. The van der Waals surface area contributed by atoms with Gasteiger partial charge in [-0.2, -0.15) is 13.2 Å². The van der Waals surface area contributed by atoms with Gasteiger partial charge in [0, 0.05) is 14.1 Å². The van der Waals surface area contributed by atoms with Crippen LogP contribution < -0.4 is 20.5 Å². The Kier molecular flexibility index (Phi) is 7.00. The minimum atomic E-state index is -4.63. The number of hydrogen-bond donors (Lipinski definition) is 1. The summed E-state index contributed by atoms with van der Waals surface area (Å²) in [6, 6.07) is 12.7. The van der Waals surface area contributed by atoms with Crippen molar-refractivity contribution in [3.8, 4) is 5.75 Å². The maximum absolute atomic E-state index is 14.0. The maximum atomic E-state index is 14.0. The minimum Gasteiger partial charge on any atom is -0.489 e. The van der Waals surface area contributed by atoms with Crippen molar-refractivity contribution in [3.63, 3.8) is 0 Å². The predicted octanol–water partition coefficient (Wildman–Crippen LogP) is 4.27. The standard InChI is InChI=1S/C25H22F3N5O4/c1-32(20(15-9-5-4-6-10-15)17-11-7-8-12-18(17)25(26,27)28)24-31-19(21(36-3)23(35)33(24)2)22(34)30-16-13-29-37-14-16/h4-14,20H,1-3H3,(H,30,34). The highest BCUT2D eigenvalue weighted by atomic mass is 19.4. The highest BCUT2D eigenvalue weighted by Gasteiger charge is 2.37. The molecule has 1 N–H and O–H groups in total. The number of methoxy groups -OCH3 is 1. The zero-order chi connectivity index (χ0) is 26.7. The molecule has 0 fully saturated rings. The van der Waals surface area contributed by atoms with E-state index in [4.69, 9.17) is 9.26 Å². The van der Waals surface area contributed by atoms with Crippen LogP contribution in [0.1, 0.15) is 33.2 Å². The van der Waals surface area contributed by atoms with Gasteiger partial charge in [0.2, 0.25) is 11.7 Å². The largest absolute Gasteiger partial charge is 0.489 e. The molecule has 12 heteroatoms. The topological polar surface area (TPSA) is 102 Å². The van der Waals surface area contributed by atoms with Crippen LogP contribution >= 0.6 is 0 Å². The second kappa shape index (κ2) is 10.2. The van der Waals surface area contributed by atoms with Crippen LogP contribution in [0.15, 0.2) is 76.4 Å². The van der Waals surface area contributed by atoms with E-state index in [-0.39, 0.29) is 28.6 Å². The molecule has 192 valence electrons. The summed E-state index contributed by atoms with van der Waals surface area (Å²) < 4.78 is 53.0. The zero-order valence-electron chi connectivity index (χ0n) is 20.0. The maximum Gasteiger partial charge on any atom is 0.416 e. The fourth-order valence-corrected chi connectivity index (χ4v) is 4.04. The van der Waals surface area contributed by atoms with Crippen LogP contribution in [-0.4, -0.2) is 34.8 Å². The number of halogens is 3. The summed E-state index contributed by atoms with van der Waals surface area (Å²) in [5.41, 5.74) is -1.22. The molecule has 0 radical (unpaired) electrons. The van der Waals surface area contributed by atoms with Crippen LogP contribution in [0.4, 0.5) is 24.8 Å². The summed E-state index contributed by atoms with van der Waals surface area (Å²) in [7, 11) is 4.11. The molecule has 0 spiro atoms. The molecule has 0 aliphatic heterocycles. The molecule has 4 rings (SSSR count).